The van der Waals surface area contributed by atoms with Crippen LogP contribution in [-0.4, -0.2) is 33.7 Å². The molecule has 0 saturated heterocycles. The number of amides is 1. The number of carbonyl (C=O) groups is 1. The maximum absolute atomic E-state index is 12.8. The lowest BCUT2D eigenvalue weighted by Crippen LogP contribution is -2.32. The Balaban J connectivity index is 1.47. The van der Waals surface area contributed by atoms with E-state index in [2.05, 4.69) is 5.32 Å². The number of benzene rings is 3. The van der Waals surface area contributed by atoms with Crippen LogP contribution in [0.4, 0.5) is 11.4 Å². The van der Waals surface area contributed by atoms with Crippen molar-refractivity contribution in [1.82, 2.24) is 0 Å². The summed E-state index contributed by atoms with van der Waals surface area (Å²) in [5, 5.41) is 4.90. The van der Waals surface area contributed by atoms with E-state index in [1.807, 2.05) is 43.3 Å². The van der Waals surface area contributed by atoms with E-state index >= 15 is 0 Å². The molecular weight excluding hydrogens is 428 g/mol. The Morgan fingerprint density at radius 3 is 2.41 bits per heavy atom. The van der Waals surface area contributed by atoms with Crippen LogP contribution in [0.5, 0.6) is 5.75 Å². The molecule has 1 aromatic heterocycles. The predicted molar refractivity (Wildman–Crippen MR) is 127 cm³/mol. The number of hydrogen-bond acceptors (Lipinski definition) is 5. The molecule has 1 atom stereocenters. The normalized spacial score (nSPS) is 12.6. The molecular formula is C24H24N2O5S. The van der Waals surface area contributed by atoms with Crippen molar-refractivity contribution in [3.63, 3.8) is 0 Å². The largest absolute Gasteiger partial charge is 0.481 e. The average Bonchev–Trinajstić information content (AvgIpc) is 3.14. The van der Waals surface area contributed by atoms with Crippen LogP contribution in [0, 0.1) is 0 Å². The molecule has 8 heteroatoms. The van der Waals surface area contributed by atoms with Gasteiger partial charge in [-0.15, -0.1) is 0 Å². The number of nitrogens with one attached hydrogen (secondary N) is 1. The van der Waals surface area contributed by atoms with E-state index in [1.165, 1.54) is 11.4 Å². The number of hydrogen-bond donors (Lipinski definition) is 1. The second kappa shape index (κ2) is 8.55. The molecule has 1 N–H and O–H groups in total. The van der Waals surface area contributed by atoms with Crippen LogP contribution in [0.15, 0.2) is 71.1 Å². The van der Waals surface area contributed by atoms with Gasteiger partial charge in [0.15, 0.2) is 6.10 Å². The average molecular weight is 453 g/mol. The molecule has 0 spiro atoms. The molecule has 0 saturated carbocycles. The molecule has 0 fully saturated rings. The van der Waals surface area contributed by atoms with E-state index in [4.69, 9.17) is 9.15 Å². The van der Waals surface area contributed by atoms with Gasteiger partial charge in [0.05, 0.1) is 11.9 Å². The molecule has 0 aliphatic carbocycles. The molecule has 3 aromatic carbocycles. The number of ether oxygens (including phenoxy) is 1. The highest BCUT2D eigenvalue weighted by molar-refractivity contribution is 7.92. The summed E-state index contributed by atoms with van der Waals surface area (Å²) < 4.78 is 36.3. The Kier molecular flexibility index (Phi) is 5.80. The second-order valence-electron chi connectivity index (χ2n) is 7.54. The van der Waals surface area contributed by atoms with Crippen LogP contribution in [0.2, 0.25) is 0 Å². The lowest BCUT2D eigenvalue weighted by molar-refractivity contribution is -0.122. The molecule has 7 nitrogen and oxygen atoms in total. The Morgan fingerprint density at radius 2 is 1.72 bits per heavy atom. The topological polar surface area (TPSA) is 88.8 Å². The summed E-state index contributed by atoms with van der Waals surface area (Å²) in [4.78, 5) is 12.8. The number of rotatable bonds is 7. The summed E-state index contributed by atoms with van der Waals surface area (Å²) >= 11 is 0. The summed E-state index contributed by atoms with van der Waals surface area (Å²) in [7, 11) is -1.87. The van der Waals surface area contributed by atoms with Gasteiger partial charge in [0, 0.05) is 29.6 Å². The zero-order valence-corrected chi connectivity index (χ0v) is 18.8. The number of furan rings is 1. The molecule has 4 rings (SSSR count). The highest BCUT2D eigenvalue weighted by Crippen LogP contribution is 2.30. The van der Waals surface area contributed by atoms with Crippen LogP contribution in [0.25, 0.3) is 21.9 Å². The Bertz CT molecular complexity index is 1380. The van der Waals surface area contributed by atoms with E-state index in [9.17, 15) is 13.2 Å². The smallest absolute Gasteiger partial charge is 0.265 e. The van der Waals surface area contributed by atoms with Gasteiger partial charge in [-0.1, -0.05) is 25.1 Å². The van der Waals surface area contributed by atoms with E-state index in [-0.39, 0.29) is 5.91 Å². The third-order valence-corrected chi connectivity index (χ3v) is 6.49. The molecule has 0 aliphatic rings. The molecule has 0 bridgehead atoms. The lowest BCUT2D eigenvalue weighted by atomic mass is 10.1. The SMILES string of the molecule is CC[C@@H](Oc1ccc(N(C)S(C)(=O)=O)cc1)C(=O)Nc1ccc2c(c1)oc1ccccc12. The zero-order valence-electron chi connectivity index (χ0n) is 18.0. The molecule has 166 valence electrons. The minimum Gasteiger partial charge on any atom is -0.481 e. The van der Waals surface area contributed by atoms with Gasteiger partial charge in [0.2, 0.25) is 10.0 Å². The van der Waals surface area contributed by atoms with Crippen molar-refractivity contribution < 1.29 is 22.4 Å². The maximum atomic E-state index is 12.8. The third-order valence-electron chi connectivity index (χ3n) is 5.29. The van der Waals surface area contributed by atoms with Crippen molar-refractivity contribution in [3.05, 3.63) is 66.7 Å². The van der Waals surface area contributed by atoms with Gasteiger partial charge >= 0.3 is 0 Å². The van der Waals surface area contributed by atoms with Gasteiger partial charge in [0.1, 0.15) is 16.9 Å². The summed E-state index contributed by atoms with van der Waals surface area (Å²) in [6.07, 6.45) is 0.890. The van der Waals surface area contributed by atoms with Crippen molar-refractivity contribution in [2.45, 2.75) is 19.4 Å². The zero-order chi connectivity index (χ0) is 22.9. The fourth-order valence-corrected chi connectivity index (χ4v) is 3.94. The number of para-hydroxylation sites is 1. The van der Waals surface area contributed by atoms with E-state index in [0.717, 1.165) is 22.6 Å². The molecule has 1 heterocycles. The highest BCUT2D eigenvalue weighted by Gasteiger charge is 2.20. The molecule has 0 unspecified atom stereocenters. The Hall–Kier alpha value is -3.52. The van der Waals surface area contributed by atoms with Crippen molar-refractivity contribution in [3.8, 4) is 5.75 Å². The van der Waals surface area contributed by atoms with Gasteiger partial charge in [-0.05, 0) is 48.9 Å². The predicted octanol–water partition coefficient (Wildman–Crippen LogP) is 4.78. The number of anilines is 2. The van der Waals surface area contributed by atoms with Crippen molar-refractivity contribution in [2.75, 3.05) is 22.9 Å². The number of fused-ring (bicyclic) bond motifs is 3. The summed E-state index contributed by atoms with van der Waals surface area (Å²) in [5.74, 6) is 0.200. The molecule has 4 aromatic rings. The summed E-state index contributed by atoms with van der Waals surface area (Å²) in [6, 6.07) is 19.9. The Morgan fingerprint density at radius 1 is 1.03 bits per heavy atom. The highest BCUT2D eigenvalue weighted by atomic mass is 32.2. The van der Waals surface area contributed by atoms with Crippen LogP contribution in [-0.2, 0) is 14.8 Å². The van der Waals surface area contributed by atoms with Gasteiger partial charge in [-0.2, -0.15) is 0 Å². The fourth-order valence-electron chi connectivity index (χ4n) is 3.44. The van der Waals surface area contributed by atoms with Crippen LogP contribution < -0.4 is 14.4 Å². The molecule has 1 amide bonds. The van der Waals surface area contributed by atoms with Crippen molar-refractivity contribution in [2.24, 2.45) is 0 Å². The first-order chi connectivity index (χ1) is 15.3. The summed E-state index contributed by atoms with van der Waals surface area (Å²) in [6.45, 7) is 1.86. The number of carbonyl (C=O) groups excluding carboxylic acids is 1. The van der Waals surface area contributed by atoms with Crippen molar-refractivity contribution in [1.29, 1.82) is 0 Å². The minimum absolute atomic E-state index is 0.278. The molecule has 0 radical (unpaired) electrons. The van der Waals surface area contributed by atoms with Crippen molar-refractivity contribution >= 4 is 49.2 Å². The fraction of sp³-hybridized carbons (Fsp3) is 0.208. The first-order valence-corrected chi connectivity index (χ1v) is 12.0. The van der Waals surface area contributed by atoms with Crippen LogP contribution in [0.3, 0.4) is 0 Å². The summed E-state index contributed by atoms with van der Waals surface area (Å²) in [5.41, 5.74) is 2.62. The lowest BCUT2D eigenvalue weighted by Gasteiger charge is -2.19. The monoisotopic (exact) mass is 452 g/mol. The van der Waals surface area contributed by atoms with E-state index in [1.54, 1.807) is 30.3 Å². The molecule has 32 heavy (non-hydrogen) atoms. The maximum Gasteiger partial charge on any atom is 0.265 e. The van der Waals surface area contributed by atoms with Gasteiger partial charge in [0.25, 0.3) is 5.91 Å². The third kappa shape index (κ3) is 4.40. The first-order valence-electron chi connectivity index (χ1n) is 10.2. The molecule has 0 aliphatic heterocycles. The van der Waals surface area contributed by atoms with E-state index in [0.29, 0.717) is 29.1 Å². The number of nitrogens with zero attached hydrogens (tertiary/aromatic N) is 1. The van der Waals surface area contributed by atoms with Gasteiger partial charge in [-0.25, -0.2) is 8.42 Å². The quantitative estimate of drug-likeness (QED) is 0.436. The second-order valence-corrected chi connectivity index (χ2v) is 9.55. The van der Waals surface area contributed by atoms with Gasteiger partial charge < -0.3 is 14.5 Å². The van der Waals surface area contributed by atoms with E-state index < -0.39 is 16.1 Å². The van der Waals surface area contributed by atoms with Crippen LogP contribution in [0.1, 0.15) is 13.3 Å². The van der Waals surface area contributed by atoms with Crippen LogP contribution >= 0.6 is 0 Å². The first kappa shape index (κ1) is 21.7. The minimum atomic E-state index is -3.35. The Labute approximate surface area is 186 Å². The standard InChI is InChI=1S/C24H24N2O5S/c1-4-21(30-18-12-10-17(11-13-18)26(2)32(3,28)29)24(27)25-16-9-14-20-19-7-5-6-8-22(19)31-23(20)15-16/h5-15,21H,4H2,1-3H3,(H,25,27)/t21-/m1/s1. The number of sulfonamides is 1. The van der Waals surface area contributed by atoms with Gasteiger partial charge in [-0.3, -0.25) is 9.10 Å².